The predicted octanol–water partition coefficient (Wildman–Crippen LogP) is 2.80. The maximum atomic E-state index is 12.6. The van der Waals surface area contributed by atoms with E-state index in [0.29, 0.717) is 26.2 Å². The maximum Gasteiger partial charge on any atom is 0.326 e. The smallest absolute Gasteiger partial charge is 0.326 e. The number of aliphatic hydroxyl groups is 1. The summed E-state index contributed by atoms with van der Waals surface area (Å²) in [5.74, 6) is 0.0701. The minimum Gasteiger partial charge on any atom is -0.390 e. The summed E-state index contributed by atoms with van der Waals surface area (Å²) >= 11 is 0. The zero-order valence-electron chi connectivity index (χ0n) is 21.7. The molecule has 2 aliphatic rings. The molecule has 9 nitrogen and oxygen atoms in total. The number of rotatable bonds is 6. The molecule has 1 atom stereocenters. The highest BCUT2D eigenvalue weighted by Gasteiger charge is 2.29. The van der Waals surface area contributed by atoms with Crippen LogP contribution in [0.4, 0.5) is 0 Å². The van der Waals surface area contributed by atoms with Gasteiger partial charge < -0.3 is 19.9 Å². The van der Waals surface area contributed by atoms with E-state index in [-0.39, 0.29) is 17.6 Å². The minimum absolute atomic E-state index is 0.0503. The first-order valence-corrected chi connectivity index (χ1v) is 13.5. The number of hydrogen-bond acceptors (Lipinski definition) is 5. The molecule has 198 valence electrons. The third-order valence-electron chi connectivity index (χ3n) is 8.03. The predicted molar refractivity (Wildman–Crippen MR) is 146 cm³/mol. The van der Waals surface area contributed by atoms with E-state index in [1.165, 1.54) is 0 Å². The third kappa shape index (κ3) is 4.68. The first-order chi connectivity index (χ1) is 18.5. The zero-order valence-corrected chi connectivity index (χ0v) is 21.7. The fourth-order valence-electron chi connectivity index (χ4n) is 6.09. The molecule has 2 aliphatic heterocycles. The number of likely N-dealkylation sites (tertiary alicyclic amines) is 1. The van der Waals surface area contributed by atoms with E-state index in [1.807, 2.05) is 68.7 Å². The van der Waals surface area contributed by atoms with Gasteiger partial charge in [0.2, 0.25) is 5.91 Å². The number of carbonyl (C=O) groups excluding carboxylic acids is 1. The van der Waals surface area contributed by atoms with E-state index in [9.17, 15) is 14.7 Å². The lowest BCUT2D eigenvalue weighted by atomic mass is 10.0. The second-order valence-electron chi connectivity index (χ2n) is 10.5. The van der Waals surface area contributed by atoms with Crippen molar-refractivity contribution in [3.8, 4) is 11.3 Å². The zero-order chi connectivity index (χ0) is 26.2. The number of piperidine rings is 1. The molecule has 1 amide bonds. The molecule has 1 saturated heterocycles. The lowest BCUT2D eigenvalue weighted by Crippen LogP contribution is -2.42. The Morgan fingerprint density at radius 3 is 2.55 bits per heavy atom. The summed E-state index contributed by atoms with van der Waals surface area (Å²) < 4.78 is 3.85. The van der Waals surface area contributed by atoms with Crippen LogP contribution < -0.4 is 5.69 Å². The number of amides is 1. The standard InChI is InChI=1S/C29H34N6O3/c1-20(36)33-16-13-26-24(19-33)28(21-7-3-2-4-8-21)31-34(26)18-23(37)17-32-14-11-22(12-15-32)35-27-10-6-5-9-25(27)30-29(35)38/h2-10,22-23,37H,11-19H2,1H3,(H,30,38). The molecule has 0 bridgehead atoms. The molecule has 9 heteroatoms. The Kier molecular flexibility index (Phi) is 6.63. The molecule has 0 saturated carbocycles. The van der Waals surface area contributed by atoms with Gasteiger partial charge >= 0.3 is 5.69 Å². The minimum atomic E-state index is -0.569. The number of aromatic amines is 1. The average molecular weight is 515 g/mol. The van der Waals surface area contributed by atoms with Crippen LogP contribution in [0.15, 0.2) is 59.4 Å². The summed E-state index contributed by atoms with van der Waals surface area (Å²) in [5, 5.41) is 16.0. The largest absolute Gasteiger partial charge is 0.390 e. The SMILES string of the molecule is CC(=O)N1CCc2c(c(-c3ccccc3)nn2CC(O)CN2CCC(n3c(=O)[nH]c4ccccc43)CC2)C1. The Hall–Kier alpha value is -3.69. The molecular formula is C29H34N6O3. The van der Waals surface area contributed by atoms with Gasteiger partial charge in [0.25, 0.3) is 0 Å². The Morgan fingerprint density at radius 1 is 1.05 bits per heavy atom. The molecule has 4 heterocycles. The second-order valence-corrected chi connectivity index (χ2v) is 10.5. The Bertz CT molecular complexity index is 1500. The molecule has 0 aliphatic carbocycles. The number of para-hydroxylation sites is 2. The summed E-state index contributed by atoms with van der Waals surface area (Å²) in [7, 11) is 0. The van der Waals surface area contributed by atoms with Gasteiger partial charge in [-0.05, 0) is 25.0 Å². The van der Waals surface area contributed by atoms with Crippen LogP contribution in [0.5, 0.6) is 0 Å². The van der Waals surface area contributed by atoms with Crippen molar-refractivity contribution in [2.75, 3.05) is 26.2 Å². The summed E-state index contributed by atoms with van der Waals surface area (Å²) in [6.45, 7) is 5.45. The number of H-pyrrole nitrogens is 1. The van der Waals surface area contributed by atoms with Gasteiger partial charge in [-0.15, -0.1) is 0 Å². The summed E-state index contributed by atoms with van der Waals surface area (Å²) in [5.41, 5.74) is 5.88. The van der Waals surface area contributed by atoms with E-state index >= 15 is 0 Å². The number of carbonyl (C=O) groups is 1. The molecule has 6 rings (SSSR count). The van der Waals surface area contributed by atoms with Crippen LogP contribution in [-0.2, 0) is 24.3 Å². The van der Waals surface area contributed by atoms with Gasteiger partial charge in [0.15, 0.2) is 0 Å². The van der Waals surface area contributed by atoms with Crippen molar-refractivity contribution in [2.24, 2.45) is 0 Å². The van der Waals surface area contributed by atoms with Crippen LogP contribution in [0.2, 0.25) is 0 Å². The van der Waals surface area contributed by atoms with Crippen LogP contribution in [0, 0.1) is 0 Å². The van der Waals surface area contributed by atoms with E-state index < -0.39 is 6.10 Å². The molecule has 0 spiro atoms. The molecular weight excluding hydrogens is 480 g/mol. The number of fused-ring (bicyclic) bond motifs is 2. The molecule has 1 unspecified atom stereocenters. The fraction of sp³-hybridized carbons (Fsp3) is 0.414. The van der Waals surface area contributed by atoms with Crippen LogP contribution >= 0.6 is 0 Å². The molecule has 0 radical (unpaired) electrons. The Balaban J connectivity index is 1.14. The van der Waals surface area contributed by atoms with Crippen LogP contribution in [0.3, 0.4) is 0 Å². The topological polar surface area (TPSA) is 99.4 Å². The molecule has 1 fully saturated rings. The molecule has 2 aromatic carbocycles. The first-order valence-electron chi connectivity index (χ1n) is 13.5. The van der Waals surface area contributed by atoms with E-state index in [4.69, 9.17) is 5.10 Å². The van der Waals surface area contributed by atoms with E-state index in [2.05, 4.69) is 9.88 Å². The van der Waals surface area contributed by atoms with Crippen molar-refractivity contribution in [1.29, 1.82) is 0 Å². The fourth-order valence-corrected chi connectivity index (χ4v) is 6.09. The van der Waals surface area contributed by atoms with Gasteiger partial charge in [-0.25, -0.2) is 4.79 Å². The maximum absolute atomic E-state index is 12.6. The van der Waals surface area contributed by atoms with Crippen molar-refractivity contribution < 1.29 is 9.90 Å². The number of hydrogen-bond donors (Lipinski definition) is 2. The number of nitrogens with zero attached hydrogens (tertiary/aromatic N) is 5. The second kappa shape index (κ2) is 10.2. The van der Waals surface area contributed by atoms with Crippen molar-refractivity contribution >= 4 is 16.9 Å². The lowest BCUT2D eigenvalue weighted by molar-refractivity contribution is -0.129. The van der Waals surface area contributed by atoms with Crippen LogP contribution in [-0.4, -0.2) is 72.4 Å². The van der Waals surface area contributed by atoms with Gasteiger partial charge in [0, 0.05) is 68.9 Å². The summed E-state index contributed by atoms with van der Waals surface area (Å²) in [4.78, 5) is 31.8. The number of aliphatic hydroxyl groups excluding tert-OH is 1. The quantitative estimate of drug-likeness (QED) is 0.412. The normalized spacial score (nSPS) is 17.6. The molecule has 4 aromatic rings. The molecule has 38 heavy (non-hydrogen) atoms. The van der Waals surface area contributed by atoms with E-state index in [1.54, 1.807) is 6.92 Å². The highest BCUT2D eigenvalue weighted by atomic mass is 16.3. The molecule has 2 N–H and O–H groups in total. The number of β-amino-alcohol motifs (C(OH)–C–C–N with tert-alkyl or cyclic N) is 1. The highest BCUT2D eigenvalue weighted by molar-refractivity contribution is 5.75. The van der Waals surface area contributed by atoms with Crippen LogP contribution in [0.1, 0.15) is 37.1 Å². The van der Waals surface area contributed by atoms with Gasteiger partial charge in [0.05, 0.1) is 29.4 Å². The van der Waals surface area contributed by atoms with Crippen molar-refractivity contribution in [3.05, 3.63) is 76.3 Å². The monoisotopic (exact) mass is 514 g/mol. The number of imidazole rings is 1. The summed E-state index contributed by atoms with van der Waals surface area (Å²) in [6, 6.07) is 18.0. The van der Waals surface area contributed by atoms with Crippen molar-refractivity contribution in [3.63, 3.8) is 0 Å². The van der Waals surface area contributed by atoms with Gasteiger partial charge in [0.1, 0.15) is 0 Å². The summed E-state index contributed by atoms with van der Waals surface area (Å²) in [6.07, 6.45) is 1.89. The first kappa shape index (κ1) is 24.6. The van der Waals surface area contributed by atoms with Crippen molar-refractivity contribution in [2.45, 2.75) is 51.4 Å². The number of aromatic nitrogens is 4. The number of benzene rings is 2. The highest BCUT2D eigenvalue weighted by Crippen LogP contribution is 2.31. The van der Waals surface area contributed by atoms with Gasteiger partial charge in [-0.1, -0.05) is 42.5 Å². The molecule has 2 aromatic heterocycles. The lowest BCUT2D eigenvalue weighted by Gasteiger charge is -2.33. The van der Waals surface area contributed by atoms with Gasteiger partial charge in [-0.3, -0.25) is 14.0 Å². The van der Waals surface area contributed by atoms with E-state index in [0.717, 1.165) is 65.9 Å². The van der Waals surface area contributed by atoms with Gasteiger partial charge in [-0.2, -0.15) is 5.10 Å². The average Bonchev–Trinajstić information content (AvgIpc) is 3.46. The van der Waals surface area contributed by atoms with Crippen molar-refractivity contribution in [1.82, 2.24) is 29.1 Å². The number of nitrogens with one attached hydrogen (secondary N) is 1. The van der Waals surface area contributed by atoms with Crippen LogP contribution in [0.25, 0.3) is 22.3 Å². The Labute approximate surface area is 221 Å². The Morgan fingerprint density at radius 2 is 1.79 bits per heavy atom. The third-order valence-corrected chi connectivity index (χ3v) is 8.03.